The van der Waals surface area contributed by atoms with Gasteiger partial charge in [-0.05, 0) is 38.2 Å². The molecule has 2 aromatic heterocycles. The van der Waals surface area contributed by atoms with Crippen molar-refractivity contribution in [3.05, 3.63) is 58.4 Å². The highest BCUT2D eigenvalue weighted by molar-refractivity contribution is 7.21. The second-order valence-electron chi connectivity index (χ2n) is 8.04. The number of quaternary nitrogens is 1. The summed E-state index contributed by atoms with van der Waals surface area (Å²) in [4.78, 5) is 34.8. The first-order valence-electron chi connectivity index (χ1n) is 10.9. The van der Waals surface area contributed by atoms with Gasteiger partial charge in [0.25, 0.3) is 5.13 Å². The number of piperazine rings is 1. The number of carbonyl (C=O) groups excluding carboxylic acids is 1. The van der Waals surface area contributed by atoms with Crippen molar-refractivity contribution in [2.45, 2.75) is 6.92 Å². The second-order valence-corrected chi connectivity index (χ2v) is 9.10. The van der Waals surface area contributed by atoms with Gasteiger partial charge in [0.15, 0.2) is 11.0 Å². The van der Waals surface area contributed by atoms with Crippen molar-refractivity contribution in [1.29, 1.82) is 0 Å². The van der Waals surface area contributed by atoms with Gasteiger partial charge in [-0.25, -0.2) is 10.1 Å². The second kappa shape index (κ2) is 8.93. The molecule has 8 nitrogen and oxygen atoms in total. The number of rotatable bonds is 5. The van der Waals surface area contributed by atoms with Crippen molar-refractivity contribution < 1.29 is 19.3 Å². The van der Waals surface area contributed by atoms with Crippen molar-refractivity contribution in [1.82, 2.24) is 9.88 Å². The van der Waals surface area contributed by atoms with Crippen molar-refractivity contribution in [2.24, 2.45) is 0 Å². The van der Waals surface area contributed by atoms with Gasteiger partial charge in [0.2, 0.25) is 5.76 Å². The zero-order valence-electron chi connectivity index (χ0n) is 18.5. The van der Waals surface area contributed by atoms with Gasteiger partial charge < -0.3 is 19.0 Å². The molecule has 1 amide bonds. The Hall–Kier alpha value is -3.27. The highest BCUT2D eigenvalue weighted by atomic mass is 32.1. The zero-order chi connectivity index (χ0) is 22.9. The van der Waals surface area contributed by atoms with Crippen LogP contribution in [0.25, 0.3) is 21.2 Å². The molecule has 2 aromatic carbocycles. The number of carbonyl (C=O) groups is 1. The van der Waals surface area contributed by atoms with E-state index in [1.54, 1.807) is 6.07 Å². The monoisotopic (exact) mass is 465 g/mol. The van der Waals surface area contributed by atoms with Crippen molar-refractivity contribution in [3.8, 4) is 5.75 Å². The lowest BCUT2D eigenvalue weighted by molar-refractivity contribution is -0.464. The Morgan fingerprint density at radius 2 is 2.00 bits per heavy atom. The highest BCUT2D eigenvalue weighted by Crippen LogP contribution is 2.28. The number of thiazole rings is 1. The van der Waals surface area contributed by atoms with Crippen LogP contribution in [-0.2, 0) is 0 Å². The average Bonchev–Trinajstić information content (AvgIpc) is 3.21. The molecule has 0 radical (unpaired) electrons. The number of hydrogen-bond acceptors (Lipinski definition) is 8. The number of anilines is 1. The van der Waals surface area contributed by atoms with Gasteiger partial charge >= 0.3 is 5.91 Å². The van der Waals surface area contributed by atoms with Crippen molar-refractivity contribution in [2.75, 3.05) is 44.7 Å². The lowest BCUT2D eigenvalue weighted by atomic mass is 10.1. The summed E-state index contributed by atoms with van der Waals surface area (Å²) in [6.07, 6.45) is 0. The molecule has 33 heavy (non-hydrogen) atoms. The van der Waals surface area contributed by atoms with E-state index in [-0.39, 0.29) is 17.1 Å². The van der Waals surface area contributed by atoms with Gasteiger partial charge in [-0.15, -0.1) is 0 Å². The number of fused-ring (bicyclic) bond motifs is 2. The van der Waals surface area contributed by atoms with Crippen LogP contribution in [0.15, 0.2) is 51.7 Å². The summed E-state index contributed by atoms with van der Waals surface area (Å²) in [5.41, 5.74) is 1.84. The molecule has 9 heteroatoms. The molecule has 1 saturated heterocycles. The number of nitrogens with two attached hydrogens (primary N) is 1. The van der Waals surface area contributed by atoms with Crippen molar-refractivity contribution >= 4 is 49.2 Å². The van der Waals surface area contributed by atoms with Crippen LogP contribution in [0.1, 0.15) is 17.5 Å². The SMILES string of the molecule is CCOc1ccc2sc([NH2+]C(=O)c3cc(=O)c4cccc(N5CCN(C)CC5)c4o3)nc2c1. The Kier molecular flexibility index (Phi) is 5.84. The van der Waals surface area contributed by atoms with Crippen LogP contribution in [0.3, 0.4) is 0 Å². The Balaban J connectivity index is 1.45. The van der Waals surface area contributed by atoms with Gasteiger partial charge in [0.05, 0.1) is 27.9 Å². The fourth-order valence-electron chi connectivity index (χ4n) is 4.01. The Labute approximate surface area is 194 Å². The minimum Gasteiger partial charge on any atom is -0.494 e. The smallest absolute Gasteiger partial charge is 0.385 e. The first kappa shape index (κ1) is 21.6. The van der Waals surface area contributed by atoms with Crippen molar-refractivity contribution in [3.63, 3.8) is 0 Å². The van der Waals surface area contributed by atoms with Crippen LogP contribution >= 0.6 is 11.3 Å². The first-order valence-corrected chi connectivity index (χ1v) is 11.8. The normalized spacial score (nSPS) is 14.8. The Bertz CT molecular complexity index is 1390. The largest absolute Gasteiger partial charge is 0.494 e. The van der Waals surface area contributed by atoms with E-state index in [0.717, 1.165) is 47.8 Å². The number of para-hydroxylation sites is 1. The topological polar surface area (TPSA) is 92.5 Å². The molecule has 5 rings (SSSR count). The third-order valence-electron chi connectivity index (χ3n) is 5.76. The molecule has 170 valence electrons. The van der Waals surface area contributed by atoms with Gasteiger partial charge in [-0.1, -0.05) is 17.4 Å². The summed E-state index contributed by atoms with van der Waals surface area (Å²) < 4.78 is 12.5. The molecule has 4 aromatic rings. The summed E-state index contributed by atoms with van der Waals surface area (Å²) in [5, 5.41) is 2.46. The molecule has 0 aliphatic carbocycles. The van der Waals surface area contributed by atoms with Crippen LogP contribution in [-0.4, -0.2) is 55.6 Å². The number of aromatic nitrogens is 1. The van der Waals surface area contributed by atoms with E-state index in [4.69, 9.17) is 9.15 Å². The lowest BCUT2D eigenvalue weighted by Crippen LogP contribution is -2.82. The summed E-state index contributed by atoms with van der Waals surface area (Å²) >= 11 is 1.41. The number of hydrogen-bond donors (Lipinski definition) is 1. The number of likely N-dealkylation sites (N-methyl/N-ethyl adjacent to an activating group) is 1. The maximum absolute atomic E-state index is 13.0. The summed E-state index contributed by atoms with van der Waals surface area (Å²) in [5.74, 6) is 0.375. The summed E-state index contributed by atoms with van der Waals surface area (Å²) in [6, 6.07) is 12.5. The summed E-state index contributed by atoms with van der Waals surface area (Å²) in [7, 11) is 2.09. The minimum atomic E-state index is -0.383. The highest BCUT2D eigenvalue weighted by Gasteiger charge is 2.23. The number of amides is 1. The van der Waals surface area contributed by atoms with E-state index in [2.05, 4.69) is 21.8 Å². The maximum atomic E-state index is 13.0. The van der Waals surface area contributed by atoms with E-state index in [1.165, 1.54) is 22.7 Å². The molecule has 0 atom stereocenters. The van der Waals surface area contributed by atoms with Crippen LogP contribution < -0.4 is 20.4 Å². The average molecular weight is 466 g/mol. The van der Waals surface area contributed by atoms with E-state index < -0.39 is 0 Å². The van der Waals surface area contributed by atoms with Gasteiger partial charge in [-0.2, -0.15) is 4.98 Å². The molecule has 2 N–H and O–H groups in total. The molecular weight excluding hydrogens is 440 g/mol. The van der Waals surface area contributed by atoms with E-state index in [1.807, 2.05) is 37.3 Å². The minimum absolute atomic E-state index is 0.0170. The number of benzene rings is 2. The quantitative estimate of drug-likeness (QED) is 0.484. The Morgan fingerprint density at radius 1 is 1.18 bits per heavy atom. The van der Waals surface area contributed by atoms with Crippen LogP contribution in [0.2, 0.25) is 0 Å². The summed E-state index contributed by atoms with van der Waals surface area (Å²) in [6.45, 7) is 6.02. The molecule has 0 spiro atoms. The fraction of sp³-hybridized carbons (Fsp3) is 0.292. The molecule has 1 fully saturated rings. The predicted octanol–water partition coefficient (Wildman–Crippen LogP) is 2.59. The molecule has 0 unspecified atom stereocenters. The predicted molar refractivity (Wildman–Crippen MR) is 129 cm³/mol. The van der Waals surface area contributed by atoms with Gasteiger partial charge in [-0.3, -0.25) is 4.79 Å². The molecule has 3 heterocycles. The molecule has 1 aliphatic heterocycles. The molecular formula is C24H25N4O4S+. The fourth-order valence-corrected chi connectivity index (χ4v) is 4.89. The van der Waals surface area contributed by atoms with Crippen LogP contribution in [0.5, 0.6) is 5.75 Å². The zero-order valence-corrected chi connectivity index (χ0v) is 19.4. The van der Waals surface area contributed by atoms with Crippen LogP contribution in [0.4, 0.5) is 10.8 Å². The molecule has 1 aliphatic rings. The van der Waals surface area contributed by atoms with Gasteiger partial charge in [0, 0.05) is 38.3 Å². The third kappa shape index (κ3) is 4.35. The van der Waals surface area contributed by atoms with Crippen LogP contribution in [0, 0.1) is 0 Å². The lowest BCUT2D eigenvalue weighted by Gasteiger charge is -2.34. The number of ether oxygens (including phenoxy) is 1. The van der Waals surface area contributed by atoms with Gasteiger partial charge in [0.1, 0.15) is 5.75 Å². The van der Waals surface area contributed by atoms with E-state index in [0.29, 0.717) is 22.7 Å². The van der Waals surface area contributed by atoms with E-state index in [9.17, 15) is 9.59 Å². The Morgan fingerprint density at radius 3 is 2.79 bits per heavy atom. The molecule has 0 bridgehead atoms. The maximum Gasteiger partial charge on any atom is 0.385 e. The van der Waals surface area contributed by atoms with E-state index >= 15 is 0 Å². The number of nitrogens with zero attached hydrogens (tertiary/aromatic N) is 3. The standard InChI is InChI=1S/C24H24N4O4S/c1-3-31-15-7-8-21-17(13-15)25-24(33-21)26-23(30)20-14-19(29)16-5-4-6-18(22(16)32-20)28-11-9-27(2)10-12-28/h4-8,13-14H,3,9-12H2,1-2H3,(H,25,26,30)/p+1. The number of primary amides is 1. The first-order chi connectivity index (χ1) is 16.0. The third-order valence-corrected chi connectivity index (χ3v) is 6.75. The molecule has 0 saturated carbocycles.